The van der Waals surface area contributed by atoms with Crippen molar-refractivity contribution in [3.63, 3.8) is 0 Å². The normalized spacial score (nSPS) is 24.2. The van der Waals surface area contributed by atoms with E-state index in [1.807, 2.05) is 0 Å². The van der Waals surface area contributed by atoms with E-state index >= 15 is 0 Å². The van der Waals surface area contributed by atoms with Gasteiger partial charge < -0.3 is 18.9 Å². The zero-order chi connectivity index (χ0) is 24.6. The second-order valence-electron chi connectivity index (χ2n) is 7.10. The van der Waals surface area contributed by atoms with Crippen LogP contribution in [0.15, 0.2) is 16.6 Å². The second-order valence-corrected chi connectivity index (χ2v) is 7.96. The summed E-state index contributed by atoms with van der Waals surface area (Å²) >= 11 is 3.00. The van der Waals surface area contributed by atoms with E-state index in [0.717, 1.165) is 37.8 Å². The molecule has 1 amide bonds. The number of hydrogen-bond donors (Lipinski definition) is 0. The number of carbonyl (C=O) groups excluding carboxylic acids is 5. The second kappa shape index (κ2) is 9.23. The smallest absolute Gasteiger partial charge is 0.303 e. The highest BCUT2D eigenvalue weighted by molar-refractivity contribution is 9.10. The minimum Gasteiger partial charge on any atom is -0.456 e. The van der Waals surface area contributed by atoms with Crippen molar-refractivity contribution in [2.75, 3.05) is 11.5 Å². The maximum atomic E-state index is 12.9. The average molecular weight is 529 g/mol. The summed E-state index contributed by atoms with van der Waals surface area (Å²) in [7, 11) is 0. The van der Waals surface area contributed by atoms with E-state index in [-0.39, 0.29) is 15.7 Å². The molecule has 0 aliphatic carbocycles. The number of nitrogens with zero attached hydrogens (tertiary/aromatic N) is 2. The van der Waals surface area contributed by atoms with Crippen LogP contribution in [0.25, 0.3) is 0 Å². The van der Waals surface area contributed by atoms with Gasteiger partial charge in [0.05, 0.1) is 27.3 Å². The number of nitro benzene ring substituents is 1. The van der Waals surface area contributed by atoms with Crippen LogP contribution in [0.3, 0.4) is 0 Å². The van der Waals surface area contributed by atoms with Gasteiger partial charge in [-0.05, 0) is 22.0 Å². The number of rotatable bonds is 5. The fourth-order valence-electron chi connectivity index (χ4n) is 3.60. The van der Waals surface area contributed by atoms with Crippen LogP contribution in [0.2, 0.25) is 0 Å². The Kier molecular flexibility index (Phi) is 6.78. The first-order chi connectivity index (χ1) is 15.4. The molecular formula is C19H17BrN2O11. The highest BCUT2D eigenvalue weighted by Crippen LogP contribution is 2.40. The lowest BCUT2D eigenvalue weighted by atomic mass is 10.0. The number of amides is 1. The van der Waals surface area contributed by atoms with Crippen LogP contribution in [-0.2, 0) is 38.1 Å². The molecule has 0 N–H and O–H groups in total. The molecule has 3 rings (SSSR count). The number of esters is 3. The molecule has 4 unspecified atom stereocenters. The third-order valence-corrected chi connectivity index (χ3v) is 5.39. The van der Waals surface area contributed by atoms with Gasteiger partial charge in [0, 0.05) is 26.8 Å². The van der Waals surface area contributed by atoms with Gasteiger partial charge in [0.15, 0.2) is 24.5 Å². The lowest BCUT2D eigenvalue weighted by Crippen LogP contribution is -2.63. The Morgan fingerprint density at radius 2 is 1.64 bits per heavy atom. The quantitative estimate of drug-likeness (QED) is 0.176. The summed E-state index contributed by atoms with van der Waals surface area (Å²) in [4.78, 5) is 71.9. The first-order valence-corrected chi connectivity index (χ1v) is 10.2. The topological polar surface area (TPSA) is 169 Å². The Balaban J connectivity index is 2.11. The molecule has 1 aromatic rings. The summed E-state index contributed by atoms with van der Waals surface area (Å²) in [6.45, 7) is 2.82. The van der Waals surface area contributed by atoms with Crippen molar-refractivity contribution >= 4 is 56.9 Å². The first kappa shape index (κ1) is 24.3. The van der Waals surface area contributed by atoms with E-state index in [4.69, 9.17) is 18.9 Å². The first-order valence-electron chi connectivity index (χ1n) is 9.41. The monoisotopic (exact) mass is 528 g/mol. The number of ketones is 1. The maximum absolute atomic E-state index is 12.9. The summed E-state index contributed by atoms with van der Waals surface area (Å²) in [5.74, 6) is -4.48. The van der Waals surface area contributed by atoms with Crippen LogP contribution in [-0.4, -0.2) is 65.7 Å². The van der Waals surface area contributed by atoms with E-state index in [1.165, 1.54) is 0 Å². The predicted octanol–water partition coefficient (Wildman–Crippen LogP) is 1.04. The summed E-state index contributed by atoms with van der Waals surface area (Å²) in [6.07, 6.45) is -5.65. The van der Waals surface area contributed by atoms with Crippen LogP contribution >= 0.6 is 15.9 Å². The van der Waals surface area contributed by atoms with Crippen molar-refractivity contribution in [3.05, 3.63) is 32.3 Å². The van der Waals surface area contributed by atoms with Gasteiger partial charge >= 0.3 is 23.8 Å². The molecule has 1 saturated heterocycles. The van der Waals surface area contributed by atoms with E-state index in [9.17, 15) is 34.1 Å². The third-order valence-electron chi connectivity index (χ3n) is 4.76. The van der Waals surface area contributed by atoms with Crippen molar-refractivity contribution in [1.82, 2.24) is 0 Å². The van der Waals surface area contributed by atoms with Gasteiger partial charge in [-0.2, -0.15) is 0 Å². The number of Topliss-reactive ketones (excluding diaryl/α,β-unsaturated/α-hetero) is 1. The standard InChI is InChI=1S/C19H17BrN2O11/c1-7(23)31-14-6-30-19(17(33-9(3)25)16(14)32-8(2)24)21-12-5-13(22(28)29)11(20)4-10(12)15(26)18(21)27/h4-5,14,16-17,19H,6H2,1-3H3. The molecule has 2 aliphatic rings. The van der Waals surface area contributed by atoms with Gasteiger partial charge in [-0.3, -0.25) is 39.0 Å². The van der Waals surface area contributed by atoms with Gasteiger partial charge in [-0.1, -0.05) is 0 Å². The molecule has 4 atom stereocenters. The molecule has 1 fully saturated rings. The number of benzene rings is 1. The predicted molar refractivity (Wildman–Crippen MR) is 109 cm³/mol. The Hall–Kier alpha value is -3.39. The molecular weight excluding hydrogens is 512 g/mol. The van der Waals surface area contributed by atoms with Gasteiger partial charge in [-0.15, -0.1) is 0 Å². The van der Waals surface area contributed by atoms with Crippen LogP contribution in [0.4, 0.5) is 11.4 Å². The molecule has 2 heterocycles. The number of anilines is 1. The highest BCUT2D eigenvalue weighted by atomic mass is 79.9. The SMILES string of the molecule is CC(=O)OC1COC(N2C(=O)C(=O)c3cc(Br)c([N+](=O)[O-])cc32)C(OC(C)=O)C1OC(C)=O. The lowest BCUT2D eigenvalue weighted by Gasteiger charge is -2.43. The number of hydrogen-bond acceptors (Lipinski definition) is 11. The molecule has 33 heavy (non-hydrogen) atoms. The molecule has 0 radical (unpaired) electrons. The molecule has 0 spiro atoms. The molecule has 2 aliphatic heterocycles. The third kappa shape index (κ3) is 4.71. The summed E-state index contributed by atoms with van der Waals surface area (Å²) < 4.78 is 21.2. The fraction of sp³-hybridized carbons (Fsp3) is 0.421. The van der Waals surface area contributed by atoms with Crippen molar-refractivity contribution in [2.24, 2.45) is 0 Å². The van der Waals surface area contributed by atoms with Crippen LogP contribution in [0, 0.1) is 10.1 Å². The van der Waals surface area contributed by atoms with Crippen molar-refractivity contribution in [1.29, 1.82) is 0 Å². The fourth-order valence-corrected chi connectivity index (χ4v) is 4.09. The van der Waals surface area contributed by atoms with Crippen molar-refractivity contribution < 1.29 is 47.8 Å². The number of fused-ring (bicyclic) bond motifs is 1. The van der Waals surface area contributed by atoms with E-state index < -0.39 is 71.4 Å². The summed E-state index contributed by atoms with van der Waals surface area (Å²) in [5.41, 5.74) is -0.737. The van der Waals surface area contributed by atoms with Crippen molar-refractivity contribution in [3.8, 4) is 0 Å². The van der Waals surface area contributed by atoms with E-state index in [0.29, 0.717) is 0 Å². The zero-order valence-electron chi connectivity index (χ0n) is 17.4. The minimum atomic E-state index is -1.53. The molecule has 176 valence electrons. The zero-order valence-corrected chi connectivity index (χ0v) is 19.0. The minimum absolute atomic E-state index is 0.0249. The average Bonchev–Trinajstić information content (AvgIpc) is 2.93. The number of carbonyl (C=O) groups is 5. The Bertz CT molecular complexity index is 1070. The van der Waals surface area contributed by atoms with Crippen LogP contribution < -0.4 is 4.90 Å². The lowest BCUT2D eigenvalue weighted by molar-refractivity contribution is -0.385. The van der Waals surface area contributed by atoms with E-state index in [2.05, 4.69) is 15.9 Å². The van der Waals surface area contributed by atoms with Gasteiger partial charge in [0.2, 0.25) is 0 Å². The van der Waals surface area contributed by atoms with E-state index in [1.54, 1.807) is 0 Å². The number of ether oxygens (including phenoxy) is 4. The highest BCUT2D eigenvalue weighted by Gasteiger charge is 2.53. The van der Waals surface area contributed by atoms with Gasteiger partial charge in [0.25, 0.3) is 11.5 Å². The Labute approximate surface area is 194 Å². The number of halogens is 1. The maximum Gasteiger partial charge on any atom is 0.303 e. The molecule has 14 heteroatoms. The molecule has 0 bridgehead atoms. The van der Waals surface area contributed by atoms with Gasteiger partial charge in [-0.25, -0.2) is 0 Å². The largest absolute Gasteiger partial charge is 0.456 e. The Morgan fingerprint density at radius 3 is 2.18 bits per heavy atom. The molecule has 13 nitrogen and oxygen atoms in total. The number of nitro groups is 1. The molecule has 0 aromatic heterocycles. The van der Waals surface area contributed by atoms with Gasteiger partial charge in [0.1, 0.15) is 0 Å². The Morgan fingerprint density at radius 1 is 1.06 bits per heavy atom. The van der Waals surface area contributed by atoms with Crippen LogP contribution in [0.5, 0.6) is 0 Å². The van der Waals surface area contributed by atoms with Crippen LogP contribution in [0.1, 0.15) is 31.1 Å². The molecule has 1 aromatic carbocycles. The summed E-state index contributed by atoms with van der Waals surface area (Å²) in [6, 6.07) is 2.12. The summed E-state index contributed by atoms with van der Waals surface area (Å²) in [5, 5.41) is 11.4. The molecule has 0 saturated carbocycles. The van der Waals surface area contributed by atoms with Crippen molar-refractivity contribution in [2.45, 2.75) is 45.3 Å².